The van der Waals surface area contributed by atoms with Crippen LogP contribution in [0.3, 0.4) is 0 Å². The van der Waals surface area contributed by atoms with Gasteiger partial charge in [-0.2, -0.15) is 18.3 Å². The first kappa shape index (κ1) is 19.7. The standard InChI is InChI=1S/C18H19F3N4O.ClH/c19-18(20,21)13-2-1-3-14(6-13)25-16(12-4-5-12)15(10-24-25)17(26)23-9-11-7-22-8-11;/h1-3,6,10-12,22H,4-5,7-9H2,(H,23,26);1H. The van der Waals surface area contributed by atoms with Crippen LogP contribution in [0.1, 0.15) is 40.4 Å². The van der Waals surface area contributed by atoms with E-state index in [1.807, 2.05) is 0 Å². The molecule has 2 heterocycles. The third kappa shape index (κ3) is 4.11. The second-order valence-electron chi connectivity index (χ2n) is 6.91. The first-order chi connectivity index (χ1) is 12.4. The Balaban J connectivity index is 0.00000210. The van der Waals surface area contributed by atoms with E-state index in [9.17, 15) is 18.0 Å². The highest BCUT2D eigenvalue weighted by Gasteiger charge is 2.34. The summed E-state index contributed by atoms with van der Waals surface area (Å²) in [5, 5.41) is 10.3. The van der Waals surface area contributed by atoms with Crippen molar-refractivity contribution >= 4 is 18.3 Å². The summed E-state index contributed by atoms with van der Waals surface area (Å²) in [5.41, 5.74) is 0.755. The molecular formula is C18H20ClF3N4O. The van der Waals surface area contributed by atoms with E-state index in [1.165, 1.54) is 16.9 Å². The lowest BCUT2D eigenvalue weighted by Crippen LogP contribution is -2.48. The summed E-state index contributed by atoms with van der Waals surface area (Å²) in [7, 11) is 0. The van der Waals surface area contributed by atoms with Gasteiger partial charge in [-0.25, -0.2) is 4.68 Å². The molecule has 9 heteroatoms. The number of hydrogen-bond acceptors (Lipinski definition) is 3. The highest BCUT2D eigenvalue weighted by atomic mass is 35.5. The molecule has 0 spiro atoms. The Labute approximate surface area is 160 Å². The summed E-state index contributed by atoms with van der Waals surface area (Å²) in [5.74, 6) is 0.386. The Morgan fingerprint density at radius 2 is 2.04 bits per heavy atom. The Morgan fingerprint density at radius 3 is 2.63 bits per heavy atom. The van der Waals surface area contributed by atoms with Gasteiger partial charge in [0.15, 0.2) is 0 Å². The summed E-state index contributed by atoms with van der Waals surface area (Å²) in [4.78, 5) is 12.5. The van der Waals surface area contributed by atoms with Crippen molar-refractivity contribution in [2.75, 3.05) is 19.6 Å². The van der Waals surface area contributed by atoms with Crippen molar-refractivity contribution in [3.8, 4) is 5.69 Å². The second-order valence-corrected chi connectivity index (χ2v) is 6.91. The predicted molar refractivity (Wildman–Crippen MR) is 96.5 cm³/mol. The molecule has 1 aliphatic heterocycles. The van der Waals surface area contributed by atoms with Crippen LogP contribution in [0.2, 0.25) is 0 Å². The van der Waals surface area contributed by atoms with Gasteiger partial charge in [0.25, 0.3) is 5.91 Å². The zero-order chi connectivity index (χ0) is 18.3. The van der Waals surface area contributed by atoms with Gasteiger partial charge >= 0.3 is 6.18 Å². The fourth-order valence-electron chi connectivity index (χ4n) is 3.13. The highest BCUT2D eigenvalue weighted by molar-refractivity contribution is 5.95. The van der Waals surface area contributed by atoms with E-state index in [1.54, 1.807) is 6.07 Å². The van der Waals surface area contributed by atoms with Crippen LogP contribution in [0, 0.1) is 5.92 Å². The van der Waals surface area contributed by atoms with Crippen molar-refractivity contribution < 1.29 is 18.0 Å². The van der Waals surface area contributed by atoms with Crippen molar-refractivity contribution in [3.63, 3.8) is 0 Å². The summed E-state index contributed by atoms with van der Waals surface area (Å²) in [6.45, 7) is 2.36. The average Bonchev–Trinajstić information content (AvgIpc) is 3.30. The normalized spacial score (nSPS) is 17.1. The number of carbonyl (C=O) groups is 1. The van der Waals surface area contributed by atoms with Crippen molar-refractivity contribution in [2.45, 2.75) is 24.9 Å². The van der Waals surface area contributed by atoms with E-state index in [-0.39, 0.29) is 24.2 Å². The molecule has 1 aliphatic carbocycles. The van der Waals surface area contributed by atoms with Crippen LogP contribution < -0.4 is 10.6 Å². The number of carbonyl (C=O) groups excluding carboxylic acids is 1. The van der Waals surface area contributed by atoms with E-state index >= 15 is 0 Å². The molecule has 1 saturated carbocycles. The molecule has 0 radical (unpaired) electrons. The Morgan fingerprint density at radius 1 is 1.30 bits per heavy atom. The van der Waals surface area contributed by atoms with Crippen molar-refractivity contribution in [2.24, 2.45) is 5.92 Å². The molecule has 2 aromatic rings. The predicted octanol–water partition coefficient (Wildman–Crippen LogP) is 3.14. The molecule has 1 saturated heterocycles. The molecule has 0 unspecified atom stereocenters. The summed E-state index contributed by atoms with van der Waals surface area (Å²) in [6, 6.07) is 5.04. The minimum absolute atomic E-state index is 0. The van der Waals surface area contributed by atoms with Crippen LogP contribution in [-0.2, 0) is 6.18 Å². The molecule has 5 nitrogen and oxygen atoms in total. The minimum Gasteiger partial charge on any atom is -0.352 e. The number of nitrogens with zero attached hydrogens (tertiary/aromatic N) is 2. The molecule has 1 aromatic heterocycles. The lowest BCUT2D eigenvalue weighted by Gasteiger charge is -2.27. The molecule has 2 fully saturated rings. The summed E-state index contributed by atoms with van der Waals surface area (Å²) < 4.78 is 40.5. The largest absolute Gasteiger partial charge is 0.416 e. The summed E-state index contributed by atoms with van der Waals surface area (Å²) in [6.07, 6.45) is -1.13. The van der Waals surface area contributed by atoms with Crippen LogP contribution in [0.25, 0.3) is 5.69 Å². The van der Waals surface area contributed by atoms with Crippen molar-refractivity contribution in [1.29, 1.82) is 0 Å². The maximum Gasteiger partial charge on any atom is 0.416 e. The number of halogens is 4. The zero-order valence-electron chi connectivity index (χ0n) is 14.4. The first-order valence-corrected chi connectivity index (χ1v) is 8.68. The smallest absolute Gasteiger partial charge is 0.352 e. The fourth-order valence-corrected chi connectivity index (χ4v) is 3.13. The number of amides is 1. The SMILES string of the molecule is Cl.O=C(NCC1CNC1)c1cnn(-c2cccc(C(F)(F)F)c2)c1C1CC1. The first-order valence-electron chi connectivity index (χ1n) is 8.68. The van der Waals surface area contributed by atoms with Crippen LogP contribution >= 0.6 is 12.4 Å². The molecule has 146 valence electrons. The lowest BCUT2D eigenvalue weighted by molar-refractivity contribution is -0.137. The van der Waals surface area contributed by atoms with Gasteiger partial charge in [0.05, 0.1) is 28.7 Å². The van der Waals surface area contributed by atoms with E-state index in [4.69, 9.17) is 0 Å². The molecule has 1 amide bonds. The molecule has 1 aromatic carbocycles. The molecule has 4 rings (SSSR count). The van der Waals surface area contributed by atoms with Crippen LogP contribution in [0.4, 0.5) is 13.2 Å². The zero-order valence-corrected chi connectivity index (χ0v) is 15.2. The molecule has 27 heavy (non-hydrogen) atoms. The Hall–Kier alpha value is -2.06. The van der Waals surface area contributed by atoms with Crippen LogP contribution in [-0.4, -0.2) is 35.3 Å². The maximum absolute atomic E-state index is 13.0. The van der Waals surface area contributed by atoms with E-state index in [0.29, 0.717) is 29.4 Å². The number of aromatic nitrogens is 2. The van der Waals surface area contributed by atoms with Crippen LogP contribution in [0.5, 0.6) is 0 Å². The molecule has 2 aliphatic rings. The number of alkyl halides is 3. The molecule has 2 N–H and O–H groups in total. The van der Waals surface area contributed by atoms with Gasteiger partial charge in [-0.05, 0) is 31.0 Å². The van der Waals surface area contributed by atoms with Crippen molar-refractivity contribution in [1.82, 2.24) is 20.4 Å². The van der Waals surface area contributed by atoms with E-state index < -0.39 is 11.7 Å². The quantitative estimate of drug-likeness (QED) is 0.810. The highest BCUT2D eigenvalue weighted by Crippen LogP contribution is 2.42. The van der Waals surface area contributed by atoms with Crippen molar-refractivity contribution in [3.05, 3.63) is 47.3 Å². The maximum atomic E-state index is 13.0. The third-order valence-electron chi connectivity index (χ3n) is 4.85. The van der Waals surface area contributed by atoms with Gasteiger partial charge < -0.3 is 10.6 Å². The van der Waals surface area contributed by atoms with Gasteiger partial charge in [0, 0.05) is 31.5 Å². The monoisotopic (exact) mass is 400 g/mol. The van der Waals surface area contributed by atoms with E-state index in [2.05, 4.69) is 15.7 Å². The minimum atomic E-state index is -4.42. The van der Waals surface area contributed by atoms with E-state index in [0.717, 1.165) is 38.1 Å². The molecular weight excluding hydrogens is 381 g/mol. The fraction of sp³-hybridized carbons (Fsp3) is 0.444. The average molecular weight is 401 g/mol. The summed E-state index contributed by atoms with van der Waals surface area (Å²) >= 11 is 0. The lowest BCUT2D eigenvalue weighted by atomic mass is 10.0. The van der Waals surface area contributed by atoms with Gasteiger partial charge in [-0.3, -0.25) is 4.79 Å². The molecule has 0 atom stereocenters. The van der Waals surface area contributed by atoms with Crippen LogP contribution in [0.15, 0.2) is 30.5 Å². The second kappa shape index (κ2) is 7.52. The van der Waals surface area contributed by atoms with Gasteiger partial charge in [-0.1, -0.05) is 6.07 Å². The van der Waals surface area contributed by atoms with Gasteiger partial charge in [0.2, 0.25) is 0 Å². The Kier molecular flexibility index (Phi) is 5.48. The number of benzene rings is 1. The van der Waals surface area contributed by atoms with Gasteiger partial charge in [0.1, 0.15) is 0 Å². The molecule has 0 bridgehead atoms. The number of rotatable bonds is 5. The Bertz CT molecular complexity index is 828. The third-order valence-corrected chi connectivity index (χ3v) is 4.85. The topological polar surface area (TPSA) is 59.0 Å². The number of nitrogens with one attached hydrogen (secondary N) is 2. The van der Waals surface area contributed by atoms with Gasteiger partial charge in [-0.15, -0.1) is 12.4 Å². The number of hydrogen-bond donors (Lipinski definition) is 2.